The molecule has 0 aromatic heterocycles. The molecular weight excluding hydrogens is 144 g/mol. The van der Waals surface area contributed by atoms with E-state index >= 15 is 0 Å². The maximum Gasteiger partial charge on any atom is 0.123 e. The van der Waals surface area contributed by atoms with Crippen molar-refractivity contribution in [2.75, 3.05) is 0 Å². The van der Waals surface area contributed by atoms with Crippen LogP contribution in [0, 0.1) is 5.92 Å². The summed E-state index contributed by atoms with van der Waals surface area (Å²) < 4.78 is 0. The zero-order valence-corrected chi connectivity index (χ0v) is 6.95. The van der Waals surface area contributed by atoms with Gasteiger partial charge in [-0.1, -0.05) is 13.8 Å². The van der Waals surface area contributed by atoms with Gasteiger partial charge in [0.1, 0.15) is 18.9 Å². The Morgan fingerprint density at radius 3 is 1.55 bits per heavy atom. The van der Waals surface area contributed by atoms with Crippen LogP contribution in [0.3, 0.4) is 0 Å². The number of hydrogen-bond acceptors (Lipinski definition) is 3. The fourth-order valence-corrected chi connectivity index (χ4v) is 0.455. The maximum absolute atomic E-state index is 9.97. The predicted octanol–water partition coefficient (Wildman–Crippen LogP) is 1.01. The van der Waals surface area contributed by atoms with Crippen LogP contribution in [0.2, 0.25) is 0 Å². The van der Waals surface area contributed by atoms with Gasteiger partial charge in [0.2, 0.25) is 0 Å². The highest BCUT2D eigenvalue weighted by Gasteiger charge is 2.03. The van der Waals surface area contributed by atoms with Crippen molar-refractivity contribution < 1.29 is 14.4 Å². The lowest BCUT2D eigenvalue weighted by molar-refractivity contribution is -0.118. The molecule has 3 nitrogen and oxygen atoms in total. The molecule has 0 saturated heterocycles. The van der Waals surface area contributed by atoms with Crippen molar-refractivity contribution in [3.63, 3.8) is 0 Å². The van der Waals surface area contributed by atoms with Gasteiger partial charge in [-0.05, 0) is 0 Å². The van der Waals surface area contributed by atoms with E-state index in [-0.39, 0.29) is 12.8 Å². The minimum Gasteiger partial charge on any atom is -0.303 e. The first-order valence-corrected chi connectivity index (χ1v) is 3.67. The highest BCUT2D eigenvalue weighted by Crippen LogP contribution is 1.99. The zero-order valence-electron chi connectivity index (χ0n) is 6.95. The van der Waals surface area contributed by atoms with Crippen LogP contribution < -0.4 is 0 Å². The summed E-state index contributed by atoms with van der Waals surface area (Å²) >= 11 is 0. The molecule has 0 aliphatic rings. The topological polar surface area (TPSA) is 51.2 Å². The minimum atomic E-state index is -0.403. The lowest BCUT2D eigenvalue weighted by Crippen LogP contribution is -2.02. The summed E-state index contributed by atoms with van der Waals surface area (Å²) in [6, 6.07) is 0. The van der Waals surface area contributed by atoms with Crippen LogP contribution in [0.15, 0.2) is 0 Å². The summed E-state index contributed by atoms with van der Waals surface area (Å²) in [5, 5.41) is 0. The molecule has 0 heterocycles. The Labute approximate surface area is 66.8 Å². The van der Waals surface area contributed by atoms with E-state index in [0.717, 1.165) is 0 Å². The minimum absolute atomic E-state index is 0.155. The molecule has 0 spiro atoms. The normalized spacial score (nSPS) is 7.91. The molecule has 0 radical (unpaired) electrons. The largest absolute Gasteiger partial charge is 0.303 e. The number of aldehydes is 3. The lowest BCUT2D eigenvalue weighted by atomic mass is 10.1. The van der Waals surface area contributed by atoms with Gasteiger partial charge in [0.05, 0.1) is 0 Å². The third-order valence-electron chi connectivity index (χ3n) is 0.990. The third kappa shape index (κ3) is 9.01. The van der Waals surface area contributed by atoms with Gasteiger partial charge in [-0.3, -0.25) is 0 Å². The average Bonchev–Trinajstić information content (AvgIpc) is 2.08. The first-order valence-electron chi connectivity index (χ1n) is 3.67. The van der Waals surface area contributed by atoms with Gasteiger partial charge in [0, 0.05) is 18.8 Å². The van der Waals surface area contributed by atoms with Gasteiger partial charge >= 0.3 is 0 Å². The van der Waals surface area contributed by atoms with E-state index in [1.54, 1.807) is 0 Å². The Morgan fingerprint density at radius 2 is 1.36 bits per heavy atom. The van der Waals surface area contributed by atoms with Crippen LogP contribution in [-0.4, -0.2) is 18.9 Å². The average molecular weight is 158 g/mol. The molecule has 0 aromatic rings. The van der Waals surface area contributed by atoms with E-state index in [2.05, 4.69) is 0 Å². The summed E-state index contributed by atoms with van der Waals surface area (Å²) in [7, 11) is 0. The Kier molecular flexibility index (Phi) is 13.5. The van der Waals surface area contributed by atoms with Gasteiger partial charge in [-0.15, -0.1) is 0 Å². The van der Waals surface area contributed by atoms with Crippen LogP contribution in [-0.2, 0) is 14.4 Å². The van der Waals surface area contributed by atoms with Crippen molar-refractivity contribution in [3.05, 3.63) is 0 Å². The summed E-state index contributed by atoms with van der Waals surface area (Å²) in [6.07, 6.45) is 2.22. The molecule has 11 heavy (non-hydrogen) atoms. The van der Waals surface area contributed by atoms with Crippen LogP contribution in [0.4, 0.5) is 0 Å². The van der Waals surface area contributed by atoms with E-state index in [4.69, 9.17) is 0 Å². The first-order chi connectivity index (χ1) is 5.35. The molecular formula is C8H14O3. The second-order valence-electron chi connectivity index (χ2n) is 1.70. The Balaban J connectivity index is 0. The first kappa shape index (κ1) is 12.7. The molecule has 0 rings (SSSR count). The molecule has 0 saturated carbocycles. The van der Waals surface area contributed by atoms with Crippen LogP contribution in [0.5, 0.6) is 0 Å². The molecule has 0 aliphatic heterocycles. The highest BCUT2D eigenvalue weighted by atomic mass is 16.1. The van der Waals surface area contributed by atoms with Gasteiger partial charge in [0.25, 0.3) is 0 Å². The molecule has 64 valence electrons. The standard InChI is InChI=1S/C6H8O3.C2H6/c7-3-1-6(5-9)2-4-8;1-2/h3-6H,1-2H2;1-2H3. The fraction of sp³-hybridized carbons (Fsp3) is 0.625. The number of rotatable bonds is 5. The Bertz CT molecular complexity index is 99.9. The van der Waals surface area contributed by atoms with Crippen molar-refractivity contribution in [3.8, 4) is 0 Å². The van der Waals surface area contributed by atoms with Crippen LogP contribution >= 0.6 is 0 Å². The summed E-state index contributed by atoms with van der Waals surface area (Å²) in [5.41, 5.74) is 0. The molecule has 0 bridgehead atoms. The van der Waals surface area contributed by atoms with Gasteiger partial charge in [-0.25, -0.2) is 0 Å². The maximum atomic E-state index is 9.97. The molecule has 0 unspecified atom stereocenters. The van der Waals surface area contributed by atoms with E-state index in [1.165, 1.54) is 0 Å². The molecule has 0 aliphatic carbocycles. The second kappa shape index (κ2) is 11.8. The summed E-state index contributed by atoms with van der Waals surface area (Å²) in [4.78, 5) is 29.5. The van der Waals surface area contributed by atoms with E-state index in [1.807, 2.05) is 13.8 Å². The summed E-state index contributed by atoms with van der Waals surface area (Å²) in [6.45, 7) is 4.00. The number of carbonyl (C=O) groups is 3. The molecule has 0 atom stereocenters. The molecule has 0 fully saturated rings. The smallest absolute Gasteiger partial charge is 0.123 e. The van der Waals surface area contributed by atoms with E-state index in [0.29, 0.717) is 18.9 Å². The van der Waals surface area contributed by atoms with E-state index in [9.17, 15) is 14.4 Å². The molecule has 0 N–H and O–H groups in total. The van der Waals surface area contributed by atoms with E-state index < -0.39 is 5.92 Å². The van der Waals surface area contributed by atoms with Gasteiger partial charge < -0.3 is 14.4 Å². The molecule has 0 aromatic carbocycles. The monoisotopic (exact) mass is 158 g/mol. The van der Waals surface area contributed by atoms with Gasteiger partial charge in [0.15, 0.2) is 0 Å². The zero-order chi connectivity index (χ0) is 9.11. The lowest BCUT2D eigenvalue weighted by Gasteiger charge is -1.96. The SMILES string of the molecule is CC.O=CCC(C=O)CC=O. The molecule has 3 heteroatoms. The molecule has 0 amide bonds. The quantitative estimate of drug-likeness (QED) is 0.561. The van der Waals surface area contributed by atoms with Crippen molar-refractivity contribution in [2.24, 2.45) is 5.92 Å². The Hall–Kier alpha value is -0.990. The predicted molar refractivity (Wildman–Crippen MR) is 42.3 cm³/mol. The van der Waals surface area contributed by atoms with Crippen molar-refractivity contribution in [1.29, 1.82) is 0 Å². The highest BCUT2D eigenvalue weighted by molar-refractivity contribution is 5.66. The Morgan fingerprint density at radius 1 is 1.00 bits per heavy atom. The fourth-order valence-electron chi connectivity index (χ4n) is 0.455. The van der Waals surface area contributed by atoms with Crippen LogP contribution in [0.1, 0.15) is 26.7 Å². The van der Waals surface area contributed by atoms with Crippen molar-refractivity contribution in [1.82, 2.24) is 0 Å². The summed E-state index contributed by atoms with van der Waals surface area (Å²) in [5.74, 6) is -0.403. The van der Waals surface area contributed by atoms with Crippen molar-refractivity contribution in [2.45, 2.75) is 26.7 Å². The number of hydrogen-bond donors (Lipinski definition) is 0. The number of carbonyl (C=O) groups excluding carboxylic acids is 3. The van der Waals surface area contributed by atoms with Crippen LogP contribution in [0.25, 0.3) is 0 Å². The second-order valence-corrected chi connectivity index (χ2v) is 1.70. The third-order valence-corrected chi connectivity index (χ3v) is 0.990. The van der Waals surface area contributed by atoms with Crippen molar-refractivity contribution >= 4 is 18.9 Å². The van der Waals surface area contributed by atoms with Gasteiger partial charge in [-0.2, -0.15) is 0 Å².